The molecular weight excluding hydrogens is 290 g/mol. The minimum Gasteiger partial charge on any atom is -0.492 e. The third-order valence-electron chi connectivity index (χ3n) is 2.25. The molecule has 0 unspecified atom stereocenters. The van der Waals surface area contributed by atoms with E-state index in [1.165, 1.54) is 18.6 Å². The molecule has 0 radical (unpaired) electrons. The van der Waals surface area contributed by atoms with E-state index in [0.717, 1.165) is 0 Å². The van der Waals surface area contributed by atoms with Crippen LogP contribution < -0.4 is 9.46 Å². The lowest BCUT2D eigenvalue weighted by Gasteiger charge is -2.12. The van der Waals surface area contributed by atoms with Crippen LogP contribution in [0.3, 0.4) is 0 Å². The maximum absolute atomic E-state index is 12.0. The quantitative estimate of drug-likeness (QED) is 0.887. The molecule has 1 aromatic heterocycles. The summed E-state index contributed by atoms with van der Waals surface area (Å²) >= 11 is 5.86. The number of hydrogen-bond donors (Lipinski definition) is 2. The van der Waals surface area contributed by atoms with Crippen LogP contribution in [0.15, 0.2) is 35.7 Å². The molecule has 0 aliphatic carbocycles. The van der Waals surface area contributed by atoms with Crippen molar-refractivity contribution < 1.29 is 13.2 Å². The van der Waals surface area contributed by atoms with Crippen molar-refractivity contribution in [3.05, 3.63) is 35.7 Å². The monoisotopic (exact) mass is 301 g/mol. The Morgan fingerprint density at radius 3 is 2.89 bits per heavy atom. The lowest BCUT2D eigenvalue weighted by atomic mass is 10.3. The molecule has 0 aliphatic rings. The molecule has 0 fully saturated rings. The summed E-state index contributed by atoms with van der Waals surface area (Å²) in [6.07, 6.45) is 2.50. The predicted molar refractivity (Wildman–Crippen MR) is 72.0 cm³/mol. The van der Waals surface area contributed by atoms with Gasteiger partial charge in [-0.1, -0.05) is 11.6 Å². The fourth-order valence-electron chi connectivity index (χ4n) is 1.45. The van der Waals surface area contributed by atoms with E-state index in [1.54, 1.807) is 12.1 Å². The van der Waals surface area contributed by atoms with E-state index in [2.05, 4.69) is 14.7 Å². The zero-order valence-corrected chi connectivity index (χ0v) is 11.6. The van der Waals surface area contributed by atoms with Gasteiger partial charge < -0.3 is 9.72 Å². The smallest absolute Gasteiger partial charge is 0.279 e. The molecule has 0 saturated carbocycles. The SMILES string of the molecule is CCOc1ccc(Cl)cc1NS(=O)(=O)c1cnc[nH]1. The molecule has 6 nitrogen and oxygen atoms in total. The number of hydrogen-bond acceptors (Lipinski definition) is 4. The normalized spacial score (nSPS) is 11.3. The zero-order valence-electron chi connectivity index (χ0n) is 10.1. The summed E-state index contributed by atoms with van der Waals surface area (Å²) < 4.78 is 31.8. The van der Waals surface area contributed by atoms with Crippen LogP contribution in [-0.4, -0.2) is 25.0 Å². The van der Waals surface area contributed by atoms with Crippen molar-refractivity contribution in [2.45, 2.75) is 11.9 Å². The minimum absolute atomic E-state index is 0.0325. The van der Waals surface area contributed by atoms with Crippen LogP contribution in [0.5, 0.6) is 5.75 Å². The highest BCUT2D eigenvalue weighted by Crippen LogP contribution is 2.29. The number of aromatic nitrogens is 2. The Labute approximate surface area is 115 Å². The lowest BCUT2D eigenvalue weighted by Crippen LogP contribution is -2.14. The molecule has 0 aliphatic heterocycles. The maximum Gasteiger partial charge on any atom is 0.279 e. The average molecular weight is 302 g/mol. The number of imidazole rings is 1. The maximum atomic E-state index is 12.0. The lowest BCUT2D eigenvalue weighted by molar-refractivity contribution is 0.342. The Morgan fingerprint density at radius 1 is 1.47 bits per heavy atom. The summed E-state index contributed by atoms with van der Waals surface area (Å²) in [5.74, 6) is 0.412. The van der Waals surface area contributed by atoms with Crippen LogP contribution in [0.2, 0.25) is 5.02 Å². The number of aromatic amines is 1. The molecule has 2 aromatic rings. The number of ether oxygens (including phenoxy) is 1. The second-order valence-electron chi connectivity index (χ2n) is 3.59. The topological polar surface area (TPSA) is 84.1 Å². The summed E-state index contributed by atoms with van der Waals surface area (Å²) in [6.45, 7) is 2.22. The summed E-state index contributed by atoms with van der Waals surface area (Å²) in [5.41, 5.74) is 0.281. The summed E-state index contributed by atoms with van der Waals surface area (Å²) in [4.78, 5) is 6.20. The highest BCUT2D eigenvalue weighted by molar-refractivity contribution is 7.92. The Morgan fingerprint density at radius 2 is 2.26 bits per heavy atom. The first kappa shape index (κ1) is 13.7. The first-order valence-electron chi connectivity index (χ1n) is 5.46. The molecule has 0 saturated heterocycles. The van der Waals surface area contributed by atoms with Gasteiger partial charge in [-0.25, -0.2) is 4.98 Å². The minimum atomic E-state index is -3.73. The fraction of sp³-hybridized carbons (Fsp3) is 0.182. The van der Waals surface area contributed by atoms with E-state index in [9.17, 15) is 8.42 Å². The Balaban J connectivity index is 2.35. The van der Waals surface area contributed by atoms with Crippen molar-refractivity contribution in [1.82, 2.24) is 9.97 Å². The van der Waals surface area contributed by atoms with E-state index in [4.69, 9.17) is 16.3 Å². The molecule has 1 aromatic carbocycles. The molecule has 2 rings (SSSR count). The van der Waals surface area contributed by atoms with Gasteiger partial charge >= 0.3 is 0 Å². The van der Waals surface area contributed by atoms with E-state index >= 15 is 0 Å². The van der Waals surface area contributed by atoms with Crippen LogP contribution in [0.25, 0.3) is 0 Å². The number of rotatable bonds is 5. The Hall–Kier alpha value is -1.73. The van der Waals surface area contributed by atoms with Gasteiger partial charge in [0.1, 0.15) is 5.75 Å². The van der Waals surface area contributed by atoms with Crippen LogP contribution in [0.1, 0.15) is 6.92 Å². The van der Waals surface area contributed by atoms with Crippen LogP contribution >= 0.6 is 11.6 Å². The van der Waals surface area contributed by atoms with Crippen LogP contribution in [0.4, 0.5) is 5.69 Å². The fourth-order valence-corrected chi connectivity index (χ4v) is 2.59. The predicted octanol–water partition coefficient (Wildman–Crippen LogP) is 2.26. The van der Waals surface area contributed by atoms with Gasteiger partial charge in [-0.2, -0.15) is 8.42 Å². The molecule has 0 amide bonds. The van der Waals surface area contributed by atoms with Crippen molar-refractivity contribution in [3.8, 4) is 5.75 Å². The molecular formula is C11H12ClN3O3S. The van der Waals surface area contributed by atoms with Gasteiger partial charge in [0, 0.05) is 5.02 Å². The van der Waals surface area contributed by atoms with Gasteiger partial charge in [0.15, 0.2) is 5.03 Å². The van der Waals surface area contributed by atoms with Gasteiger partial charge in [0.25, 0.3) is 10.0 Å². The second-order valence-corrected chi connectivity index (χ2v) is 5.68. The molecule has 0 bridgehead atoms. The molecule has 1 heterocycles. The van der Waals surface area contributed by atoms with Crippen molar-refractivity contribution in [3.63, 3.8) is 0 Å². The first-order chi connectivity index (χ1) is 9.03. The first-order valence-corrected chi connectivity index (χ1v) is 7.32. The van der Waals surface area contributed by atoms with Crippen molar-refractivity contribution >= 4 is 27.3 Å². The number of anilines is 1. The van der Waals surface area contributed by atoms with Crippen LogP contribution in [-0.2, 0) is 10.0 Å². The van der Waals surface area contributed by atoms with Gasteiger partial charge in [-0.15, -0.1) is 0 Å². The number of benzene rings is 1. The van der Waals surface area contributed by atoms with Crippen molar-refractivity contribution in [1.29, 1.82) is 0 Å². The summed E-state index contributed by atoms with van der Waals surface area (Å²) in [7, 11) is -3.73. The molecule has 0 atom stereocenters. The Kier molecular flexibility index (Phi) is 3.96. The van der Waals surface area contributed by atoms with Crippen molar-refractivity contribution in [2.24, 2.45) is 0 Å². The van der Waals surface area contributed by atoms with Gasteiger partial charge in [0.2, 0.25) is 0 Å². The molecule has 19 heavy (non-hydrogen) atoms. The van der Waals surface area contributed by atoms with Gasteiger partial charge in [-0.05, 0) is 25.1 Å². The number of nitrogens with one attached hydrogen (secondary N) is 2. The average Bonchev–Trinajstić information content (AvgIpc) is 2.87. The number of sulfonamides is 1. The van der Waals surface area contributed by atoms with E-state index in [1.807, 2.05) is 6.92 Å². The van der Waals surface area contributed by atoms with Crippen LogP contribution in [0, 0.1) is 0 Å². The highest BCUT2D eigenvalue weighted by Gasteiger charge is 2.18. The third kappa shape index (κ3) is 3.18. The van der Waals surface area contributed by atoms with E-state index in [-0.39, 0.29) is 10.7 Å². The second kappa shape index (κ2) is 5.50. The van der Waals surface area contributed by atoms with E-state index in [0.29, 0.717) is 17.4 Å². The summed E-state index contributed by atoms with van der Waals surface area (Å²) in [5, 5.41) is 0.376. The molecule has 2 N–H and O–H groups in total. The van der Waals surface area contributed by atoms with Gasteiger partial charge in [-0.3, -0.25) is 4.72 Å². The summed E-state index contributed by atoms with van der Waals surface area (Å²) in [6, 6.07) is 4.72. The number of nitrogens with zero attached hydrogens (tertiary/aromatic N) is 1. The third-order valence-corrected chi connectivity index (χ3v) is 3.77. The molecule has 8 heteroatoms. The number of halogens is 1. The molecule has 102 valence electrons. The zero-order chi connectivity index (χ0) is 13.9. The highest BCUT2D eigenvalue weighted by atomic mass is 35.5. The van der Waals surface area contributed by atoms with Gasteiger partial charge in [0.05, 0.1) is 24.8 Å². The molecule has 0 spiro atoms. The Bertz CT molecular complexity index is 656. The largest absolute Gasteiger partial charge is 0.492 e. The number of H-pyrrole nitrogens is 1. The standard InChI is InChI=1S/C11H12ClN3O3S/c1-2-18-10-4-3-8(12)5-9(10)15-19(16,17)11-6-13-7-14-11/h3-7,15H,2H2,1H3,(H,13,14). The van der Waals surface area contributed by atoms with Crippen molar-refractivity contribution in [2.75, 3.05) is 11.3 Å². The van der Waals surface area contributed by atoms with E-state index < -0.39 is 10.0 Å².